The van der Waals surface area contributed by atoms with Crippen molar-refractivity contribution in [3.8, 4) is 0 Å². The molecule has 0 saturated carbocycles. The SMILES string of the molecule is Nc1cccc(Cl)c1S(=O)Cc1c(F)cccc1Cl. The summed E-state index contributed by atoms with van der Waals surface area (Å²) in [5.74, 6) is -0.564. The lowest BCUT2D eigenvalue weighted by Gasteiger charge is -2.09. The number of halogens is 3. The summed E-state index contributed by atoms with van der Waals surface area (Å²) in [7, 11) is -1.56. The van der Waals surface area contributed by atoms with E-state index in [1.807, 2.05) is 0 Å². The van der Waals surface area contributed by atoms with Crippen LogP contribution in [0.25, 0.3) is 0 Å². The lowest BCUT2D eigenvalue weighted by molar-refractivity contribution is 0.615. The summed E-state index contributed by atoms with van der Waals surface area (Å²) in [5.41, 5.74) is 6.26. The fourth-order valence-electron chi connectivity index (χ4n) is 1.64. The highest BCUT2D eigenvalue weighted by molar-refractivity contribution is 7.84. The maximum absolute atomic E-state index is 13.6. The van der Waals surface area contributed by atoms with Crippen molar-refractivity contribution in [3.05, 3.63) is 57.8 Å². The number of hydrogen-bond acceptors (Lipinski definition) is 2. The maximum Gasteiger partial charge on any atom is 0.128 e. The van der Waals surface area contributed by atoms with Gasteiger partial charge in [-0.2, -0.15) is 0 Å². The summed E-state index contributed by atoms with van der Waals surface area (Å²) in [6, 6.07) is 9.17. The molecule has 19 heavy (non-hydrogen) atoms. The third kappa shape index (κ3) is 3.08. The molecule has 2 rings (SSSR count). The monoisotopic (exact) mass is 317 g/mol. The fraction of sp³-hybridized carbons (Fsp3) is 0.0769. The Morgan fingerprint density at radius 2 is 1.74 bits per heavy atom. The lowest BCUT2D eigenvalue weighted by atomic mass is 10.2. The number of hydrogen-bond donors (Lipinski definition) is 1. The first-order valence-corrected chi connectivity index (χ1v) is 7.43. The standard InChI is InChI=1S/C13H10Cl2FNOS/c14-9-3-1-5-11(16)8(9)7-19(18)13-10(15)4-2-6-12(13)17/h1-6H,7,17H2. The molecule has 0 spiro atoms. The highest BCUT2D eigenvalue weighted by Crippen LogP contribution is 2.29. The van der Waals surface area contributed by atoms with Crippen LogP contribution in [0.2, 0.25) is 10.0 Å². The molecule has 0 aliphatic rings. The molecule has 2 aromatic rings. The zero-order chi connectivity index (χ0) is 14.0. The summed E-state index contributed by atoms with van der Waals surface area (Å²) in [6.45, 7) is 0. The van der Waals surface area contributed by atoms with Crippen LogP contribution in [-0.2, 0) is 16.6 Å². The van der Waals surface area contributed by atoms with Gasteiger partial charge in [-0.3, -0.25) is 4.21 Å². The summed E-state index contributed by atoms with van der Waals surface area (Å²) >= 11 is 11.9. The Balaban J connectivity index is 2.37. The average molecular weight is 318 g/mol. The molecule has 2 aromatic carbocycles. The van der Waals surface area contributed by atoms with Crippen molar-refractivity contribution in [2.24, 2.45) is 0 Å². The first-order chi connectivity index (χ1) is 9.00. The van der Waals surface area contributed by atoms with E-state index in [2.05, 4.69) is 0 Å². The van der Waals surface area contributed by atoms with Crippen LogP contribution in [0.5, 0.6) is 0 Å². The molecule has 0 bridgehead atoms. The van der Waals surface area contributed by atoms with E-state index in [1.54, 1.807) is 24.3 Å². The number of nitrogen functional groups attached to an aromatic ring is 1. The van der Waals surface area contributed by atoms with E-state index in [1.165, 1.54) is 12.1 Å². The Labute approximate surface area is 122 Å². The van der Waals surface area contributed by atoms with E-state index in [-0.39, 0.29) is 16.3 Å². The highest BCUT2D eigenvalue weighted by Gasteiger charge is 2.16. The second-order valence-corrected chi connectivity index (χ2v) is 6.05. The van der Waals surface area contributed by atoms with Crippen LogP contribution in [0.4, 0.5) is 10.1 Å². The zero-order valence-electron chi connectivity index (χ0n) is 9.70. The van der Waals surface area contributed by atoms with E-state index < -0.39 is 16.6 Å². The molecule has 0 radical (unpaired) electrons. The Bertz CT molecular complexity index is 608. The van der Waals surface area contributed by atoms with Crippen LogP contribution in [0.1, 0.15) is 5.56 Å². The van der Waals surface area contributed by atoms with Gasteiger partial charge in [-0.25, -0.2) is 4.39 Å². The van der Waals surface area contributed by atoms with Crippen molar-refractivity contribution < 1.29 is 8.60 Å². The quantitative estimate of drug-likeness (QED) is 0.869. The minimum atomic E-state index is -1.56. The Hall–Kier alpha value is -1.10. The molecule has 0 heterocycles. The van der Waals surface area contributed by atoms with E-state index in [0.29, 0.717) is 15.6 Å². The van der Waals surface area contributed by atoms with Gasteiger partial charge in [0.15, 0.2) is 0 Å². The zero-order valence-corrected chi connectivity index (χ0v) is 12.0. The molecule has 0 aliphatic carbocycles. The molecular weight excluding hydrogens is 308 g/mol. The highest BCUT2D eigenvalue weighted by atomic mass is 35.5. The smallest absolute Gasteiger partial charge is 0.128 e. The summed E-state index contributed by atoms with van der Waals surface area (Å²) in [4.78, 5) is 0.309. The number of rotatable bonds is 3. The van der Waals surface area contributed by atoms with Gasteiger partial charge >= 0.3 is 0 Å². The van der Waals surface area contributed by atoms with Crippen LogP contribution < -0.4 is 5.73 Å². The van der Waals surface area contributed by atoms with E-state index in [0.717, 1.165) is 0 Å². The van der Waals surface area contributed by atoms with Gasteiger partial charge in [0, 0.05) is 16.3 Å². The molecule has 0 fully saturated rings. The largest absolute Gasteiger partial charge is 0.398 e. The predicted molar refractivity (Wildman–Crippen MR) is 77.4 cm³/mol. The molecular formula is C13H10Cl2FNOS. The molecule has 0 saturated heterocycles. The fourth-order valence-corrected chi connectivity index (χ4v) is 3.70. The molecule has 2 N–H and O–H groups in total. The van der Waals surface area contributed by atoms with Crippen LogP contribution in [0, 0.1) is 5.82 Å². The summed E-state index contributed by atoms with van der Waals surface area (Å²) in [5, 5.41) is 0.532. The van der Waals surface area contributed by atoms with Crippen molar-refractivity contribution in [2.45, 2.75) is 10.6 Å². The molecule has 0 aromatic heterocycles. The van der Waals surface area contributed by atoms with Gasteiger partial charge < -0.3 is 5.73 Å². The minimum absolute atomic E-state index is 0.0700. The molecule has 100 valence electrons. The van der Waals surface area contributed by atoms with Gasteiger partial charge in [-0.15, -0.1) is 0 Å². The third-order valence-corrected chi connectivity index (χ3v) is 4.81. The van der Waals surface area contributed by atoms with Crippen LogP contribution >= 0.6 is 23.2 Å². The average Bonchev–Trinajstić information content (AvgIpc) is 2.34. The molecule has 0 amide bonds. The first kappa shape index (κ1) is 14.3. The van der Waals surface area contributed by atoms with E-state index in [4.69, 9.17) is 28.9 Å². The van der Waals surface area contributed by atoms with E-state index >= 15 is 0 Å². The first-order valence-electron chi connectivity index (χ1n) is 5.36. The van der Waals surface area contributed by atoms with Crippen molar-refractivity contribution in [1.82, 2.24) is 0 Å². The Morgan fingerprint density at radius 1 is 1.11 bits per heavy atom. The lowest BCUT2D eigenvalue weighted by Crippen LogP contribution is -2.03. The predicted octanol–water partition coefficient (Wildman–Crippen LogP) is 4.02. The van der Waals surface area contributed by atoms with Gasteiger partial charge in [-0.05, 0) is 24.3 Å². The van der Waals surface area contributed by atoms with Gasteiger partial charge in [-0.1, -0.05) is 35.3 Å². The minimum Gasteiger partial charge on any atom is -0.398 e. The number of anilines is 1. The number of benzene rings is 2. The second-order valence-electron chi connectivity index (χ2n) is 3.85. The van der Waals surface area contributed by atoms with E-state index in [9.17, 15) is 8.60 Å². The second kappa shape index (κ2) is 5.90. The van der Waals surface area contributed by atoms with Crippen LogP contribution in [0.15, 0.2) is 41.3 Å². The summed E-state index contributed by atoms with van der Waals surface area (Å²) in [6.07, 6.45) is 0. The van der Waals surface area contributed by atoms with Gasteiger partial charge in [0.05, 0.1) is 26.5 Å². The van der Waals surface area contributed by atoms with Crippen LogP contribution in [0.3, 0.4) is 0 Å². The van der Waals surface area contributed by atoms with Gasteiger partial charge in [0.1, 0.15) is 5.82 Å². The van der Waals surface area contributed by atoms with Gasteiger partial charge in [0.25, 0.3) is 0 Å². The normalized spacial score (nSPS) is 12.4. The van der Waals surface area contributed by atoms with Crippen molar-refractivity contribution in [3.63, 3.8) is 0 Å². The van der Waals surface area contributed by atoms with Crippen molar-refractivity contribution >= 4 is 39.7 Å². The van der Waals surface area contributed by atoms with Crippen molar-refractivity contribution in [1.29, 1.82) is 0 Å². The maximum atomic E-state index is 13.6. The molecule has 1 unspecified atom stereocenters. The third-order valence-electron chi connectivity index (χ3n) is 2.56. The van der Waals surface area contributed by atoms with Gasteiger partial charge in [0.2, 0.25) is 0 Å². The van der Waals surface area contributed by atoms with Crippen molar-refractivity contribution in [2.75, 3.05) is 5.73 Å². The molecule has 1 atom stereocenters. The molecule has 2 nitrogen and oxygen atoms in total. The Morgan fingerprint density at radius 3 is 2.37 bits per heavy atom. The van der Waals surface area contributed by atoms with Crippen LogP contribution in [-0.4, -0.2) is 4.21 Å². The Kier molecular flexibility index (Phi) is 4.45. The molecule has 6 heteroatoms. The topological polar surface area (TPSA) is 43.1 Å². The number of nitrogens with two attached hydrogens (primary N) is 1. The summed E-state index contributed by atoms with van der Waals surface area (Å²) < 4.78 is 25.9. The molecule has 0 aliphatic heterocycles.